The monoisotopic (exact) mass is 391 g/mol. The van der Waals surface area contributed by atoms with Crippen molar-refractivity contribution in [3.05, 3.63) is 33.5 Å². The number of hydrogen-bond acceptors (Lipinski definition) is 5. The van der Waals surface area contributed by atoms with Gasteiger partial charge in [0.2, 0.25) is 0 Å². The fraction of sp³-hybridized carbons (Fsp3) is 0.579. The van der Waals surface area contributed by atoms with Crippen LogP contribution in [0.5, 0.6) is 0 Å². The second kappa shape index (κ2) is 9.92. The van der Waals surface area contributed by atoms with Crippen LogP contribution >= 0.6 is 22.7 Å². The molecule has 5 nitrogen and oxygen atoms in total. The highest BCUT2D eigenvalue weighted by Gasteiger charge is 2.15. The summed E-state index contributed by atoms with van der Waals surface area (Å²) in [4.78, 5) is 11.9. The summed E-state index contributed by atoms with van der Waals surface area (Å²) < 4.78 is 0. The predicted molar refractivity (Wildman–Crippen MR) is 114 cm³/mol. The van der Waals surface area contributed by atoms with Gasteiger partial charge in [-0.3, -0.25) is 4.99 Å². The van der Waals surface area contributed by atoms with Gasteiger partial charge in [0.1, 0.15) is 0 Å². The highest BCUT2D eigenvalue weighted by molar-refractivity contribution is 7.13. The van der Waals surface area contributed by atoms with E-state index in [9.17, 15) is 0 Å². The van der Waals surface area contributed by atoms with Gasteiger partial charge in [-0.2, -0.15) is 11.3 Å². The van der Waals surface area contributed by atoms with Crippen LogP contribution in [-0.4, -0.2) is 43.7 Å². The first-order valence-corrected chi connectivity index (χ1v) is 11.3. The van der Waals surface area contributed by atoms with Gasteiger partial charge in [-0.25, -0.2) is 4.98 Å². The minimum absolute atomic E-state index is 0.443. The lowest BCUT2D eigenvalue weighted by atomic mass is 10.1. The summed E-state index contributed by atoms with van der Waals surface area (Å²) in [7, 11) is 0. The molecule has 3 rings (SSSR count). The fourth-order valence-corrected chi connectivity index (χ4v) is 4.70. The molecule has 142 valence electrons. The average Bonchev–Trinajstić information content (AvgIpc) is 3.41. The quantitative estimate of drug-likeness (QED) is 0.532. The Labute approximate surface area is 164 Å². The molecular formula is C19H29N5S2. The van der Waals surface area contributed by atoms with Gasteiger partial charge in [-0.05, 0) is 42.2 Å². The molecule has 2 aromatic heterocycles. The largest absolute Gasteiger partial charge is 0.357 e. The summed E-state index contributed by atoms with van der Waals surface area (Å²) >= 11 is 3.52. The van der Waals surface area contributed by atoms with Crippen LogP contribution in [0.25, 0.3) is 0 Å². The van der Waals surface area contributed by atoms with Crippen LogP contribution < -0.4 is 15.5 Å². The van der Waals surface area contributed by atoms with Crippen molar-refractivity contribution >= 4 is 33.8 Å². The van der Waals surface area contributed by atoms with Crippen LogP contribution in [0.4, 0.5) is 5.13 Å². The van der Waals surface area contributed by atoms with E-state index in [4.69, 9.17) is 9.98 Å². The van der Waals surface area contributed by atoms with E-state index in [0.717, 1.165) is 45.1 Å². The molecular weight excluding hydrogens is 362 g/mol. The number of nitrogens with one attached hydrogen (secondary N) is 2. The van der Waals surface area contributed by atoms with Crippen molar-refractivity contribution in [3.63, 3.8) is 0 Å². The van der Waals surface area contributed by atoms with Gasteiger partial charge >= 0.3 is 0 Å². The van der Waals surface area contributed by atoms with Crippen LogP contribution in [0.3, 0.4) is 0 Å². The Morgan fingerprint density at radius 3 is 2.88 bits per heavy atom. The van der Waals surface area contributed by atoms with Crippen molar-refractivity contribution in [1.82, 2.24) is 15.6 Å². The number of rotatable bonds is 8. The third kappa shape index (κ3) is 5.45. The zero-order valence-corrected chi connectivity index (χ0v) is 17.3. The molecule has 0 aliphatic carbocycles. The van der Waals surface area contributed by atoms with Crippen molar-refractivity contribution in [2.45, 2.75) is 39.0 Å². The highest BCUT2D eigenvalue weighted by atomic mass is 32.1. The smallest absolute Gasteiger partial charge is 0.191 e. The summed E-state index contributed by atoms with van der Waals surface area (Å²) in [6.45, 7) is 9.15. The average molecular weight is 392 g/mol. The van der Waals surface area contributed by atoms with Gasteiger partial charge in [0.15, 0.2) is 11.1 Å². The van der Waals surface area contributed by atoms with E-state index in [2.05, 4.69) is 51.6 Å². The zero-order valence-electron chi connectivity index (χ0n) is 15.7. The molecule has 1 aliphatic rings. The minimum Gasteiger partial charge on any atom is -0.357 e. The summed E-state index contributed by atoms with van der Waals surface area (Å²) in [6.07, 6.45) is 3.51. The summed E-state index contributed by atoms with van der Waals surface area (Å²) in [5, 5.41) is 14.5. The molecule has 0 aromatic carbocycles. The Bertz CT molecular complexity index is 674. The lowest BCUT2D eigenvalue weighted by Gasteiger charge is -2.13. The summed E-state index contributed by atoms with van der Waals surface area (Å²) in [5.74, 6) is 1.34. The van der Waals surface area contributed by atoms with Crippen molar-refractivity contribution < 1.29 is 0 Å². The maximum absolute atomic E-state index is 4.79. The maximum Gasteiger partial charge on any atom is 0.191 e. The molecule has 2 N–H and O–H groups in total. The molecule has 1 aliphatic heterocycles. The molecule has 2 aromatic rings. The van der Waals surface area contributed by atoms with E-state index in [0.29, 0.717) is 5.92 Å². The Balaban J connectivity index is 1.46. The van der Waals surface area contributed by atoms with E-state index in [1.54, 1.807) is 22.7 Å². The standard InChI is InChI=1S/C19H29N5S2/c1-3-20-18(22-12-15(2)16-7-11-25-13-16)21-8-6-17-14-26-19(23-17)24-9-4-5-10-24/h7,11,13-15H,3-6,8-10,12H2,1-2H3,(H2,20,21,22). The van der Waals surface area contributed by atoms with E-state index < -0.39 is 0 Å². The van der Waals surface area contributed by atoms with Crippen LogP contribution in [0.2, 0.25) is 0 Å². The van der Waals surface area contributed by atoms with E-state index in [-0.39, 0.29) is 0 Å². The first kappa shape index (κ1) is 19.2. The number of aromatic nitrogens is 1. The number of thiophene rings is 1. The number of hydrogen-bond donors (Lipinski definition) is 2. The molecule has 3 heterocycles. The van der Waals surface area contributed by atoms with Gasteiger partial charge < -0.3 is 15.5 Å². The van der Waals surface area contributed by atoms with Gasteiger partial charge in [0.05, 0.1) is 5.69 Å². The second-order valence-electron chi connectivity index (χ2n) is 6.67. The number of anilines is 1. The first-order chi connectivity index (χ1) is 12.8. The Hall–Kier alpha value is -1.60. The number of nitrogens with zero attached hydrogens (tertiary/aromatic N) is 3. The Morgan fingerprint density at radius 1 is 1.31 bits per heavy atom. The van der Waals surface area contributed by atoms with Crippen molar-refractivity contribution in [1.29, 1.82) is 0 Å². The predicted octanol–water partition coefficient (Wildman–Crippen LogP) is 3.71. The SMILES string of the molecule is CCNC(=NCC(C)c1ccsc1)NCCc1csc(N2CCCC2)n1. The van der Waals surface area contributed by atoms with Gasteiger partial charge in [0.25, 0.3) is 0 Å². The van der Waals surface area contributed by atoms with E-state index in [1.165, 1.54) is 29.2 Å². The highest BCUT2D eigenvalue weighted by Crippen LogP contribution is 2.24. The summed E-state index contributed by atoms with van der Waals surface area (Å²) in [5.41, 5.74) is 2.54. The molecule has 0 saturated carbocycles. The molecule has 0 bridgehead atoms. The maximum atomic E-state index is 4.79. The van der Waals surface area contributed by atoms with Crippen LogP contribution in [-0.2, 0) is 6.42 Å². The molecule has 1 saturated heterocycles. The van der Waals surface area contributed by atoms with Gasteiger partial charge in [-0.15, -0.1) is 11.3 Å². The van der Waals surface area contributed by atoms with Crippen LogP contribution in [0.1, 0.15) is 43.9 Å². The second-order valence-corrected chi connectivity index (χ2v) is 8.29. The molecule has 1 fully saturated rings. The van der Waals surface area contributed by atoms with Crippen LogP contribution in [0.15, 0.2) is 27.2 Å². The molecule has 1 unspecified atom stereocenters. The third-order valence-electron chi connectivity index (χ3n) is 4.57. The molecule has 0 spiro atoms. The Kier molecular flexibility index (Phi) is 7.32. The lowest BCUT2D eigenvalue weighted by Crippen LogP contribution is -2.38. The van der Waals surface area contributed by atoms with Gasteiger partial charge in [0, 0.05) is 50.4 Å². The molecule has 26 heavy (non-hydrogen) atoms. The topological polar surface area (TPSA) is 52.6 Å². The van der Waals surface area contributed by atoms with Crippen molar-refractivity contribution in [2.24, 2.45) is 4.99 Å². The minimum atomic E-state index is 0.443. The first-order valence-electron chi connectivity index (χ1n) is 9.50. The zero-order chi connectivity index (χ0) is 18.2. The number of aliphatic imine (C=N–C) groups is 1. The number of thiazole rings is 1. The van der Waals surface area contributed by atoms with Crippen molar-refractivity contribution in [2.75, 3.05) is 37.6 Å². The third-order valence-corrected chi connectivity index (χ3v) is 6.22. The molecule has 1 atom stereocenters. The molecule has 7 heteroatoms. The van der Waals surface area contributed by atoms with Crippen molar-refractivity contribution in [3.8, 4) is 0 Å². The lowest BCUT2D eigenvalue weighted by molar-refractivity contribution is 0.745. The van der Waals surface area contributed by atoms with Gasteiger partial charge in [-0.1, -0.05) is 6.92 Å². The Morgan fingerprint density at radius 2 is 2.15 bits per heavy atom. The van der Waals surface area contributed by atoms with E-state index >= 15 is 0 Å². The van der Waals surface area contributed by atoms with Crippen LogP contribution in [0, 0.1) is 0 Å². The normalized spacial score (nSPS) is 16.1. The number of guanidine groups is 1. The summed E-state index contributed by atoms with van der Waals surface area (Å²) in [6, 6.07) is 2.19. The molecule has 0 radical (unpaired) electrons. The molecule has 0 amide bonds. The fourth-order valence-electron chi connectivity index (χ4n) is 3.00. The van der Waals surface area contributed by atoms with E-state index in [1.807, 2.05) is 0 Å².